The van der Waals surface area contributed by atoms with Crippen LogP contribution in [0.25, 0.3) is 16.6 Å². The highest BCUT2D eigenvalue weighted by atomic mass is 16.5. The minimum absolute atomic E-state index is 0.531. The fourth-order valence-electron chi connectivity index (χ4n) is 5.88. The van der Waals surface area contributed by atoms with Gasteiger partial charge in [0, 0.05) is 60.9 Å². The molecule has 3 aliphatic rings. The number of piperidine rings is 1. The van der Waals surface area contributed by atoms with Gasteiger partial charge >= 0.3 is 0 Å². The van der Waals surface area contributed by atoms with Crippen molar-refractivity contribution in [3.63, 3.8) is 0 Å². The lowest BCUT2D eigenvalue weighted by atomic mass is 9.87. The second-order valence-electron chi connectivity index (χ2n) is 11.0. The fourth-order valence-corrected chi connectivity index (χ4v) is 5.88. The molecule has 4 aromatic heterocycles. The third kappa shape index (κ3) is 5.17. The number of hydrogen-bond acceptors (Lipinski definition) is 7. The largest absolute Gasteiger partial charge is 0.492 e. The van der Waals surface area contributed by atoms with Gasteiger partial charge in [-0.2, -0.15) is 10.4 Å². The first-order chi connectivity index (χ1) is 19.5. The first-order valence-corrected chi connectivity index (χ1v) is 14.1. The van der Waals surface area contributed by atoms with Crippen molar-refractivity contribution in [2.75, 3.05) is 24.6 Å². The lowest BCUT2D eigenvalue weighted by Gasteiger charge is -2.56. The van der Waals surface area contributed by atoms with E-state index in [2.05, 4.69) is 63.7 Å². The normalized spacial score (nSPS) is 18.4. The Morgan fingerprint density at radius 1 is 1.12 bits per heavy atom. The molecular formula is C32H35N7O. The summed E-state index contributed by atoms with van der Waals surface area (Å²) < 4.78 is 7.78. The van der Waals surface area contributed by atoms with E-state index in [1.807, 2.05) is 31.6 Å². The van der Waals surface area contributed by atoms with Gasteiger partial charge in [-0.15, -0.1) is 6.58 Å². The Kier molecular flexibility index (Phi) is 7.23. The number of allylic oxidation sites excluding steroid dienone is 1. The molecule has 3 saturated heterocycles. The van der Waals surface area contributed by atoms with E-state index in [0.717, 1.165) is 78.4 Å². The Hall–Kier alpha value is -4.22. The zero-order valence-corrected chi connectivity index (χ0v) is 23.3. The van der Waals surface area contributed by atoms with Gasteiger partial charge in [0.05, 0.1) is 30.1 Å². The standard InChI is InChI=1S/C32H35N7O/c1-4-26-9-7-23(15-34-26)18-38-27-12-28(38)20-37(19-27)31-10-8-24(16-35-31)30-13-29(40-11-5-6-22(2)3)21-39-32(30)25(14-33)17-36-39/h7-10,13,15-17,21,27-28H,2,4-6,11-12,18-20H2,1,3H3. The first kappa shape index (κ1) is 26.0. The van der Waals surface area contributed by atoms with Crippen molar-refractivity contribution < 1.29 is 4.74 Å². The zero-order chi connectivity index (χ0) is 27.6. The summed E-state index contributed by atoms with van der Waals surface area (Å²) in [5, 5.41) is 14.1. The average molecular weight is 534 g/mol. The van der Waals surface area contributed by atoms with E-state index in [1.165, 1.54) is 12.0 Å². The van der Waals surface area contributed by atoms with Crippen LogP contribution in [0.5, 0.6) is 5.75 Å². The van der Waals surface area contributed by atoms with E-state index in [1.54, 1.807) is 10.7 Å². The summed E-state index contributed by atoms with van der Waals surface area (Å²) in [7, 11) is 0. The first-order valence-electron chi connectivity index (χ1n) is 14.1. The van der Waals surface area contributed by atoms with Gasteiger partial charge in [-0.1, -0.05) is 18.6 Å². The highest BCUT2D eigenvalue weighted by Gasteiger charge is 2.44. The molecule has 2 unspecified atom stereocenters. The quantitative estimate of drug-likeness (QED) is 0.199. The van der Waals surface area contributed by atoms with Gasteiger partial charge in [-0.3, -0.25) is 9.88 Å². The van der Waals surface area contributed by atoms with Crippen LogP contribution in [0.2, 0.25) is 0 Å². The second kappa shape index (κ2) is 11.1. The van der Waals surface area contributed by atoms with Crippen LogP contribution >= 0.6 is 0 Å². The van der Waals surface area contributed by atoms with Crippen molar-refractivity contribution in [1.82, 2.24) is 24.5 Å². The predicted molar refractivity (Wildman–Crippen MR) is 156 cm³/mol. The molecule has 0 saturated carbocycles. The number of fused-ring (bicyclic) bond motifs is 3. The topological polar surface area (TPSA) is 82.6 Å². The Morgan fingerprint density at radius 3 is 2.65 bits per heavy atom. The molecule has 3 fully saturated rings. The molecule has 40 heavy (non-hydrogen) atoms. The lowest BCUT2D eigenvalue weighted by molar-refractivity contribution is -0.00875. The SMILES string of the molecule is C=C(C)CCCOc1cc(-c2ccc(N3CC4CC(C3)N4Cc3ccc(CC)nc3)nc2)c2c(C#N)cnn2c1. The molecule has 8 nitrogen and oxygen atoms in total. The van der Waals surface area contributed by atoms with Gasteiger partial charge in [0.1, 0.15) is 17.6 Å². The van der Waals surface area contributed by atoms with Crippen LogP contribution < -0.4 is 9.64 Å². The Balaban J connectivity index is 1.17. The second-order valence-corrected chi connectivity index (χ2v) is 11.0. The van der Waals surface area contributed by atoms with Crippen LogP contribution in [0.15, 0.2) is 67.3 Å². The lowest BCUT2D eigenvalue weighted by Crippen LogP contribution is -2.68. The summed E-state index contributed by atoms with van der Waals surface area (Å²) in [5.41, 5.74) is 6.70. The predicted octanol–water partition coefficient (Wildman–Crippen LogP) is 5.42. The number of nitrogens with zero attached hydrogens (tertiary/aromatic N) is 7. The monoisotopic (exact) mass is 533 g/mol. The van der Waals surface area contributed by atoms with E-state index >= 15 is 0 Å². The molecule has 0 aromatic carbocycles. The summed E-state index contributed by atoms with van der Waals surface area (Å²) in [6, 6.07) is 13.9. The molecular weight excluding hydrogens is 498 g/mol. The van der Waals surface area contributed by atoms with Crippen molar-refractivity contribution in [2.45, 2.75) is 58.2 Å². The number of aryl methyl sites for hydroxylation is 1. The van der Waals surface area contributed by atoms with Crippen LogP contribution in [0.4, 0.5) is 5.82 Å². The number of aromatic nitrogens is 4. The van der Waals surface area contributed by atoms with Crippen LogP contribution in [-0.4, -0.2) is 56.3 Å². The van der Waals surface area contributed by atoms with Crippen LogP contribution in [0, 0.1) is 11.3 Å². The van der Waals surface area contributed by atoms with E-state index in [0.29, 0.717) is 24.3 Å². The number of ether oxygens (including phenoxy) is 1. The number of nitriles is 1. The maximum atomic E-state index is 9.70. The van der Waals surface area contributed by atoms with Crippen LogP contribution in [-0.2, 0) is 13.0 Å². The van der Waals surface area contributed by atoms with Gasteiger partial charge in [0.25, 0.3) is 0 Å². The number of hydrogen-bond donors (Lipinski definition) is 0. The van der Waals surface area contributed by atoms with Crippen LogP contribution in [0.1, 0.15) is 49.9 Å². The minimum atomic E-state index is 0.531. The molecule has 8 heteroatoms. The number of rotatable bonds is 10. The molecule has 0 amide bonds. The molecule has 0 radical (unpaired) electrons. The Morgan fingerprint density at radius 2 is 1.98 bits per heavy atom. The van der Waals surface area contributed by atoms with Crippen LogP contribution in [0.3, 0.4) is 0 Å². The summed E-state index contributed by atoms with van der Waals surface area (Å²) in [5.74, 6) is 1.71. The molecule has 2 bridgehead atoms. The van der Waals surface area contributed by atoms with Gasteiger partial charge in [-0.25, -0.2) is 9.50 Å². The van der Waals surface area contributed by atoms with Gasteiger partial charge in [0.2, 0.25) is 0 Å². The van der Waals surface area contributed by atoms with E-state index in [-0.39, 0.29) is 0 Å². The summed E-state index contributed by atoms with van der Waals surface area (Å²) in [4.78, 5) is 14.4. The molecule has 0 aliphatic carbocycles. The van der Waals surface area contributed by atoms with Gasteiger partial charge in [0.15, 0.2) is 0 Å². The number of pyridine rings is 3. The van der Waals surface area contributed by atoms with Crippen molar-refractivity contribution in [3.05, 3.63) is 84.1 Å². The highest BCUT2D eigenvalue weighted by Crippen LogP contribution is 2.36. The van der Waals surface area contributed by atoms with Crippen molar-refractivity contribution in [3.8, 4) is 22.9 Å². The van der Waals surface area contributed by atoms with Crippen molar-refractivity contribution in [2.24, 2.45) is 0 Å². The summed E-state index contributed by atoms with van der Waals surface area (Å²) >= 11 is 0. The molecule has 204 valence electrons. The molecule has 4 aromatic rings. The average Bonchev–Trinajstić information content (AvgIpc) is 3.41. The maximum Gasteiger partial charge on any atom is 0.138 e. The van der Waals surface area contributed by atoms with Crippen molar-refractivity contribution in [1.29, 1.82) is 5.26 Å². The van der Waals surface area contributed by atoms with E-state index in [4.69, 9.17) is 9.72 Å². The molecule has 3 aliphatic heterocycles. The number of anilines is 1. The number of piperazine rings is 1. The fraction of sp³-hybridized carbons (Fsp3) is 0.375. The third-order valence-corrected chi connectivity index (χ3v) is 8.06. The molecule has 2 atom stereocenters. The van der Waals surface area contributed by atoms with Crippen molar-refractivity contribution >= 4 is 11.3 Å². The Bertz CT molecular complexity index is 1540. The smallest absolute Gasteiger partial charge is 0.138 e. The highest BCUT2D eigenvalue weighted by molar-refractivity contribution is 5.85. The maximum absolute atomic E-state index is 9.70. The van der Waals surface area contributed by atoms with Gasteiger partial charge in [-0.05, 0) is 62.4 Å². The van der Waals surface area contributed by atoms with Gasteiger partial charge < -0.3 is 9.64 Å². The molecule has 0 spiro atoms. The Labute approximate surface area is 235 Å². The van der Waals surface area contributed by atoms with E-state index < -0.39 is 0 Å². The third-order valence-electron chi connectivity index (χ3n) is 8.06. The van der Waals surface area contributed by atoms with E-state index in [9.17, 15) is 5.26 Å². The molecule has 0 N–H and O–H groups in total. The summed E-state index contributed by atoms with van der Waals surface area (Å²) in [6.07, 6.45) is 11.4. The molecule has 7 rings (SSSR count). The summed E-state index contributed by atoms with van der Waals surface area (Å²) in [6.45, 7) is 11.6. The molecule has 7 heterocycles. The zero-order valence-electron chi connectivity index (χ0n) is 23.3. The minimum Gasteiger partial charge on any atom is -0.492 e.